The molecule has 10 aromatic rings. The van der Waals surface area contributed by atoms with Crippen molar-refractivity contribution < 1.29 is 32.1 Å². The van der Waals surface area contributed by atoms with Crippen LogP contribution >= 0.6 is 0 Å². The molecule has 1 N–H and O–H groups in total. The van der Waals surface area contributed by atoms with E-state index in [0.717, 1.165) is 81.2 Å². The summed E-state index contributed by atoms with van der Waals surface area (Å²) in [6.45, 7) is 4.09. The predicted octanol–water partition coefficient (Wildman–Crippen LogP) is 10.6. The fraction of sp³-hybridized carbons (Fsp3) is 0.0612. The van der Waals surface area contributed by atoms with E-state index in [-0.39, 0.29) is 23.4 Å². The summed E-state index contributed by atoms with van der Waals surface area (Å²) in [5.41, 5.74) is 3.11. The monoisotopic (exact) mass is 788 g/mol. The first-order chi connectivity index (χ1) is 28.4. The number of carbonyl (C=O) groups is 4. The summed E-state index contributed by atoms with van der Waals surface area (Å²) in [6, 6.07) is 35.9. The van der Waals surface area contributed by atoms with Crippen LogP contribution in [0.4, 0.5) is 11.4 Å². The zero-order valence-corrected chi connectivity index (χ0v) is 32.1. The van der Waals surface area contributed by atoms with Gasteiger partial charge in [-0.15, -0.1) is 0 Å². The molecule has 0 atom stereocenters. The van der Waals surface area contributed by atoms with E-state index in [9.17, 15) is 32.1 Å². The summed E-state index contributed by atoms with van der Waals surface area (Å²) < 4.78 is 33.6. The minimum Gasteiger partial charge on any atom is -0.282 e. The van der Waals surface area contributed by atoms with Gasteiger partial charge in [0.1, 0.15) is 0 Å². The minimum atomic E-state index is -4.59. The smallest absolute Gasteiger partial charge is 0.282 e. The fourth-order valence-electron chi connectivity index (χ4n) is 10.1. The van der Waals surface area contributed by atoms with Crippen molar-refractivity contribution in [2.24, 2.45) is 0 Å². The molecular weight excluding hydrogens is 761 g/mol. The predicted molar refractivity (Wildman–Crippen MR) is 230 cm³/mol. The van der Waals surface area contributed by atoms with Crippen molar-refractivity contribution in [3.8, 4) is 0 Å². The van der Waals surface area contributed by atoms with Crippen molar-refractivity contribution in [2.45, 2.75) is 24.7 Å². The van der Waals surface area contributed by atoms with Crippen molar-refractivity contribution in [3.05, 3.63) is 149 Å². The Bertz CT molecular complexity index is 3610. The number of fused-ring (bicyclic) bond motifs is 4. The van der Waals surface area contributed by atoms with Gasteiger partial charge in [0.05, 0.1) is 16.3 Å². The highest BCUT2D eigenvalue weighted by molar-refractivity contribution is 7.85. The summed E-state index contributed by atoms with van der Waals surface area (Å²) in [6.07, 6.45) is 0. The van der Waals surface area contributed by atoms with Crippen molar-refractivity contribution in [2.75, 3.05) is 9.80 Å². The van der Waals surface area contributed by atoms with E-state index in [4.69, 9.17) is 0 Å². The maximum atomic E-state index is 14.4. The molecule has 0 aromatic heterocycles. The third-order valence-corrected chi connectivity index (χ3v) is 13.4. The molecular formula is C49H28N2O7S. The number of benzene rings is 10. The van der Waals surface area contributed by atoms with Crippen LogP contribution in [0.25, 0.3) is 75.4 Å². The maximum absolute atomic E-state index is 14.4. The van der Waals surface area contributed by atoms with E-state index in [1.807, 2.05) is 74.5 Å². The maximum Gasteiger partial charge on any atom is 0.294 e. The minimum absolute atomic E-state index is 0.0295. The molecule has 2 aliphatic heterocycles. The summed E-state index contributed by atoms with van der Waals surface area (Å²) >= 11 is 0. The third kappa shape index (κ3) is 4.18. The van der Waals surface area contributed by atoms with E-state index in [2.05, 4.69) is 24.3 Å². The summed E-state index contributed by atoms with van der Waals surface area (Å²) in [7, 11) is -4.59. The lowest BCUT2D eigenvalue weighted by Crippen LogP contribution is -2.41. The topological polar surface area (TPSA) is 129 Å². The van der Waals surface area contributed by atoms with Crippen LogP contribution in [0.3, 0.4) is 0 Å². The van der Waals surface area contributed by atoms with Gasteiger partial charge >= 0.3 is 0 Å². The lowest BCUT2D eigenvalue weighted by Gasteiger charge is -2.30. The van der Waals surface area contributed by atoms with Crippen molar-refractivity contribution >= 4 is 121 Å². The zero-order valence-electron chi connectivity index (χ0n) is 31.3. The number of imide groups is 2. The summed E-state index contributed by atoms with van der Waals surface area (Å²) in [4.78, 5) is 59.0. The van der Waals surface area contributed by atoms with Gasteiger partial charge in [0.2, 0.25) is 0 Å². The number of rotatable bonds is 4. The molecule has 0 bridgehead atoms. The van der Waals surface area contributed by atoms with Gasteiger partial charge in [-0.05, 0) is 125 Å². The summed E-state index contributed by atoms with van der Waals surface area (Å²) in [5.74, 6) is -1.80. The van der Waals surface area contributed by atoms with Crippen molar-refractivity contribution in [1.82, 2.24) is 0 Å². The van der Waals surface area contributed by atoms with Gasteiger partial charge in [-0.1, -0.05) is 86.6 Å². The van der Waals surface area contributed by atoms with E-state index in [1.54, 1.807) is 12.1 Å². The first kappa shape index (κ1) is 33.8. The van der Waals surface area contributed by atoms with Gasteiger partial charge in [0, 0.05) is 33.0 Å². The number of carbonyl (C=O) groups excluding carboxylic acids is 4. The SMILES string of the molecule is CC(C)c1ccccc1N1C(=O)c2ccc3c4ccc5c6ccc7c8c(ccc(c9ccc(c%10ccc(c2c3%10)C1=O)c4c59)c86)C(=O)N(c1cccc(S(=O)(=O)O)c1)C7=O. The van der Waals surface area contributed by atoms with Crippen molar-refractivity contribution in [3.63, 3.8) is 0 Å². The fourth-order valence-corrected chi connectivity index (χ4v) is 10.6. The lowest BCUT2D eigenvalue weighted by molar-refractivity contribution is 0.0877. The molecule has 0 fully saturated rings. The highest BCUT2D eigenvalue weighted by Crippen LogP contribution is 2.50. The third-order valence-electron chi connectivity index (χ3n) is 12.6. The van der Waals surface area contributed by atoms with Crippen LogP contribution in [-0.2, 0) is 10.1 Å². The number of amides is 4. The van der Waals surface area contributed by atoms with Gasteiger partial charge < -0.3 is 0 Å². The first-order valence-corrected chi connectivity index (χ1v) is 20.6. The molecule has 9 nitrogen and oxygen atoms in total. The van der Waals surface area contributed by atoms with Crippen LogP contribution in [0.5, 0.6) is 0 Å². The molecule has 0 spiro atoms. The largest absolute Gasteiger partial charge is 0.294 e. The van der Waals surface area contributed by atoms with Crippen molar-refractivity contribution in [1.29, 1.82) is 0 Å². The normalized spacial score (nSPS) is 14.7. The molecule has 10 aromatic carbocycles. The molecule has 0 radical (unpaired) electrons. The van der Waals surface area contributed by atoms with E-state index in [0.29, 0.717) is 38.7 Å². The van der Waals surface area contributed by atoms with Gasteiger partial charge in [-0.25, -0.2) is 9.80 Å². The highest BCUT2D eigenvalue weighted by atomic mass is 32.2. The molecule has 0 saturated heterocycles. The molecule has 12 rings (SSSR count). The molecule has 2 aliphatic rings. The van der Waals surface area contributed by atoms with E-state index in [1.165, 1.54) is 23.1 Å². The first-order valence-electron chi connectivity index (χ1n) is 19.2. The lowest BCUT2D eigenvalue weighted by atomic mass is 9.80. The Hall–Kier alpha value is -7.27. The number of hydrogen-bond donors (Lipinski definition) is 1. The number of nitrogens with zero attached hydrogens (tertiary/aromatic N) is 2. The zero-order chi connectivity index (χ0) is 40.4. The quantitative estimate of drug-likeness (QED) is 0.0813. The molecule has 10 heteroatoms. The van der Waals surface area contributed by atoms with Gasteiger partial charge in [-0.3, -0.25) is 23.7 Å². The molecule has 0 unspecified atom stereocenters. The molecule has 282 valence electrons. The Balaban J connectivity index is 1.09. The highest BCUT2D eigenvalue weighted by Gasteiger charge is 2.38. The average Bonchev–Trinajstić information content (AvgIpc) is 3.23. The second kappa shape index (κ2) is 11.2. The Kier molecular flexibility index (Phi) is 6.44. The molecule has 0 saturated carbocycles. The van der Waals surface area contributed by atoms with Crippen LogP contribution in [0, 0.1) is 0 Å². The molecule has 0 aliphatic carbocycles. The average molecular weight is 789 g/mol. The van der Waals surface area contributed by atoms with E-state index >= 15 is 0 Å². The van der Waals surface area contributed by atoms with Gasteiger partial charge in [0.15, 0.2) is 0 Å². The van der Waals surface area contributed by atoms with Crippen LogP contribution in [0.2, 0.25) is 0 Å². The number of anilines is 2. The Labute approximate surface area is 335 Å². The van der Waals surface area contributed by atoms with Gasteiger partial charge in [-0.2, -0.15) is 8.42 Å². The summed E-state index contributed by atoms with van der Waals surface area (Å²) in [5, 5.41) is 12.3. The Morgan fingerprint density at radius 2 is 0.814 bits per heavy atom. The molecule has 59 heavy (non-hydrogen) atoms. The van der Waals surface area contributed by atoms with E-state index < -0.39 is 26.8 Å². The van der Waals surface area contributed by atoms with Gasteiger partial charge in [0.25, 0.3) is 33.7 Å². The Morgan fingerprint density at radius 1 is 0.441 bits per heavy atom. The van der Waals surface area contributed by atoms with Crippen LogP contribution in [-0.4, -0.2) is 36.6 Å². The number of hydrogen-bond acceptors (Lipinski definition) is 6. The molecule has 4 amide bonds. The van der Waals surface area contributed by atoms with Crippen LogP contribution in [0.1, 0.15) is 66.8 Å². The standard InChI is InChI=1S/C49H28N2O7S/c1-23(2)26-8-3-4-9-39(26)51-48(54)37-20-16-33-29-12-10-27-31-14-18-35-44-36(47(53)50(46(35)52)24-6-5-7-25(22-24)59(56,57)58)19-15-32(42(31)44)28-11-13-30(41(29)40(27)28)34-17-21-38(49(51)55)45(37)43(33)34/h3-23H,1-2H3,(H,56,57,58). The second-order valence-corrected chi connectivity index (χ2v) is 17.2. The Morgan fingerprint density at radius 3 is 1.22 bits per heavy atom. The number of para-hydroxylation sites is 1. The second-order valence-electron chi connectivity index (χ2n) is 15.8. The molecule has 2 heterocycles. The van der Waals surface area contributed by atoms with Crippen LogP contribution < -0.4 is 9.80 Å². The van der Waals surface area contributed by atoms with Crippen LogP contribution in [0.15, 0.2) is 126 Å².